The number of rotatable bonds is 4. The number of nitrogens with zero attached hydrogens (tertiary/aromatic N) is 6. The predicted octanol–water partition coefficient (Wildman–Crippen LogP) is 1.99. The minimum absolute atomic E-state index is 0.00319. The second-order valence-electron chi connectivity index (χ2n) is 5.21. The van der Waals surface area contributed by atoms with E-state index in [1.54, 1.807) is 6.07 Å². The molecule has 1 fully saturated rings. The van der Waals surface area contributed by atoms with Gasteiger partial charge in [0.2, 0.25) is 5.13 Å². The summed E-state index contributed by atoms with van der Waals surface area (Å²) in [5, 5.41) is 18.3. The molecule has 0 aliphatic carbocycles. The predicted molar refractivity (Wildman–Crippen MR) is 84.2 cm³/mol. The third-order valence-corrected chi connectivity index (χ3v) is 4.76. The van der Waals surface area contributed by atoms with Crippen molar-refractivity contribution in [2.75, 3.05) is 24.6 Å². The smallest absolute Gasteiger partial charge is 0.208 e. The maximum Gasteiger partial charge on any atom is 0.208 e. The van der Waals surface area contributed by atoms with E-state index in [1.807, 2.05) is 17.1 Å². The SMILES string of the molecule is CCn1cc([C@H]2CN(c3nnc(-c4ccon4)s3)CCO2)cn1. The molecule has 3 aromatic heterocycles. The highest BCUT2D eigenvalue weighted by Gasteiger charge is 2.25. The molecular formula is C14H16N6O2S. The normalized spacial score (nSPS) is 18.5. The molecule has 0 N–H and O–H groups in total. The van der Waals surface area contributed by atoms with Gasteiger partial charge in [-0.15, -0.1) is 10.2 Å². The lowest BCUT2D eigenvalue weighted by Gasteiger charge is -2.31. The van der Waals surface area contributed by atoms with Crippen LogP contribution in [0.2, 0.25) is 0 Å². The topological polar surface area (TPSA) is 82.1 Å². The fourth-order valence-corrected chi connectivity index (χ4v) is 3.35. The van der Waals surface area contributed by atoms with Gasteiger partial charge in [0, 0.05) is 30.9 Å². The zero-order valence-corrected chi connectivity index (χ0v) is 13.4. The van der Waals surface area contributed by atoms with Gasteiger partial charge in [0.1, 0.15) is 18.1 Å². The molecule has 0 saturated carbocycles. The Morgan fingerprint density at radius 3 is 3.13 bits per heavy atom. The molecule has 23 heavy (non-hydrogen) atoms. The largest absolute Gasteiger partial charge is 0.370 e. The molecule has 0 aromatic carbocycles. The Balaban J connectivity index is 1.51. The Morgan fingerprint density at radius 1 is 1.39 bits per heavy atom. The highest BCUT2D eigenvalue weighted by molar-refractivity contribution is 7.18. The van der Waals surface area contributed by atoms with E-state index in [9.17, 15) is 0 Å². The summed E-state index contributed by atoms with van der Waals surface area (Å²) in [6, 6.07) is 1.78. The zero-order chi connectivity index (χ0) is 15.6. The van der Waals surface area contributed by atoms with Crippen LogP contribution in [0.15, 0.2) is 29.2 Å². The van der Waals surface area contributed by atoms with Gasteiger partial charge in [-0.3, -0.25) is 4.68 Å². The monoisotopic (exact) mass is 332 g/mol. The Labute approximate surface area is 136 Å². The van der Waals surface area contributed by atoms with Crippen LogP contribution >= 0.6 is 11.3 Å². The van der Waals surface area contributed by atoms with Crippen molar-refractivity contribution in [2.24, 2.45) is 0 Å². The van der Waals surface area contributed by atoms with Crippen LogP contribution in [-0.4, -0.2) is 44.8 Å². The third-order valence-electron chi connectivity index (χ3n) is 3.76. The first kappa shape index (κ1) is 14.3. The van der Waals surface area contributed by atoms with Crippen molar-refractivity contribution in [1.29, 1.82) is 0 Å². The first-order chi connectivity index (χ1) is 11.3. The van der Waals surface area contributed by atoms with Gasteiger partial charge >= 0.3 is 0 Å². The van der Waals surface area contributed by atoms with Crippen LogP contribution in [-0.2, 0) is 11.3 Å². The van der Waals surface area contributed by atoms with Crippen LogP contribution in [0.4, 0.5) is 5.13 Å². The quantitative estimate of drug-likeness (QED) is 0.722. The van der Waals surface area contributed by atoms with Crippen molar-refractivity contribution >= 4 is 16.5 Å². The Bertz CT molecular complexity index is 768. The third kappa shape index (κ3) is 2.84. The molecule has 1 aliphatic rings. The molecule has 0 bridgehead atoms. The van der Waals surface area contributed by atoms with Crippen LogP contribution in [0.3, 0.4) is 0 Å². The average molecular weight is 332 g/mol. The maximum atomic E-state index is 5.89. The van der Waals surface area contributed by atoms with E-state index >= 15 is 0 Å². The van der Waals surface area contributed by atoms with Crippen LogP contribution in [0, 0.1) is 0 Å². The van der Waals surface area contributed by atoms with Crippen molar-refractivity contribution in [3.05, 3.63) is 30.3 Å². The summed E-state index contributed by atoms with van der Waals surface area (Å²) < 4.78 is 12.7. The summed E-state index contributed by atoms with van der Waals surface area (Å²) in [4.78, 5) is 2.19. The highest BCUT2D eigenvalue weighted by atomic mass is 32.1. The average Bonchev–Trinajstić information content (AvgIpc) is 3.35. The molecule has 0 spiro atoms. The van der Waals surface area contributed by atoms with Gasteiger partial charge in [-0.2, -0.15) is 5.10 Å². The summed E-state index contributed by atoms with van der Waals surface area (Å²) >= 11 is 1.51. The lowest BCUT2D eigenvalue weighted by molar-refractivity contribution is 0.0397. The number of morpholine rings is 1. The molecule has 1 aliphatic heterocycles. The maximum absolute atomic E-state index is 5.89. The van der Waals surface area contributed by atoms with E-state index in [2.05, 4.69) is 32.3 Å². The molecule has 3 aromatic rings. The van der Waals surface area contributed by atoms with Crippen LogP contribution in [0.25, 0.3) is 10.7 Å². The molecule has 0 amide bonds. The van der Waals surface area contributed by atoms with E-state index < -0.39 is 0 Å². The van der Waals surface area contributed by atoms with Crippen molar-refractivity contribution in [1.82, 2.24) is 25.1 Å². The Hall–Kier alpha value is -2.26. The number of hydrogen-bond donors (Lipinski definition) is 0. The first-order valence-corrected chi connectivity index (χ1v) is 8.28. The van der Waals surface area contributed by atoms with Gasteiger partial charge in [0.05, 0.1) is 19.3 Å². The Morgan fingerprint density at radius 2 is 2.35 bits per heavy atom. The van der Waals surface area contributed by atoms with E-state index in [0.29, 0.717) is 12.3 Å². The number of aromatic nitrogens is 5. The minimum atomic E-state index is 0.00319. The molecule has 4 heterocycles. The van der Waals surface area contributed by atoms with E-state index in [1.165, 1.54) is 17.6 Å². The lowest BCUT2D eigenvalue weighted by atomic mass is 10.2. The molecule has 1 saturated heterocycles. The summed E-state index contributed by atoms with van der Waals surface area (Å²) in [6.07, 6.45) is 5.45. The molecule has 120 valence electrons. The second-order valence-corrected chi connectivity index (χ2v) is 6.17. The molecule has 0 unspecified atom stereocenters. The number of hydrogen-bond acceptors (Lipinski definition) is 8. The van der Waals surface area contributed by atoms with Gasteiger partial charge < -0.3 is 14.2 Å². The van der Waals surface area contributed by atoms with Crippen LogP contribution in [0.1, 0.15) is 18.6 Å². The van der Waals surface area contributed by atoms with E-state index in [4.69, 9.17) is 9.26 Å². The van der Waals surface area contributed by atoms with Gasteiger partial charge in [0.25, 0.3) is 0 Å². The van der Waals surface area contributed by atoms with Gasteiger partial charge in [-0.1, -0.05) is 16.5 Å². The molecule has 0 radical (unpaired) electrons. The summed E-state index contributed by atoms with van der Waals surface area (Å²) in [6.45, 7) is 5.11. The van der Waals surface area contributed by atoms with Crippen molar-refractivity contribution in [2.45, 2.75) is 19.6 Å². The number of anilines is 1. The number of aryl methyl sites for hydroxylation is 1. The number of ether oxygens (including phenoxy) is 1. The van der Waals surface area contributed by atoms with E-state index in [-0.39, 0.29) is 6.10 Å². The van der Waals surface area contributed by atoms with Gasteiger partial charge in [-0.05, 0) is 6.92 Å². The second kappa shape index (κ2) is 6.09. The van der Waals surface area contributed by atoms with Crippen molar-refractivity contribution in [3.63, 3.8) is 0 Å². The van der Waals surface area contributed by atoms with Crippen molar-refractivity contribution in [3.8, 4) is 10.7 Å². The standard InChI is InChI=1S/C14H16N6O2S/c1-2-20-8-10(7-15-20)12-9-19(4-6-21-12)14-17-16-13(23-14)11-3-5-22-18-11/h3,5,7-8,12H,2,4,6,9H2,1H3/t12-/m1/s1. The summed E-state index contributed by atoms with van der Waals surface area (Å²) in [7, 11) is 0. The van der Waals surface area contributed by atoms with E-state index in [0.717, 1.165) is 35.3 Å². The summed E-state index contributed by atoms with van der Waals surface area (Å²) in [5.41, 5.74) is 1.81. The molecule has 9 heteroatoms. The van der Waals surface area contributed by atoms with Gasteiger partial charge in [-0.25, -0.2) is 0 Å². The molecule has 1 atom stereocenters. The lowest BCUT2D eigenvalue weighted by Crippen LogP contribution is -2.38. The zero-order valence-electron chi connectivity index (χ0n) is 12.6. The van der Waals surface area contributed by atoms with Gasteiger partial charge in [0.15, 0.2) is 5.01 Å². The van der Waals surface area contributed by atoms with Crippen molar-refractivity contribution < 1.29 is 9.26 Å². The highest BCUT2D eigenvalue weighted by Crippen LogP contribution is 2.31. The minimum Gasteiger partial charge on any atom is -0.370 e. The fourth-order valence-electron chi connectivity index (χ4n) is 2.51. The summed E-state index contributed by atoms with van der Waals surface area (Å²) in [5.74, 6) is 0. The van der Waals surface area contributed by atoms with Crippen LogP contribution < -0.4 is 4.90 Å². The fraction of sp³-hybridized carbons (Fsp3) is 0.429. The first-order valence-electron chi connectivity index (χ1n) is 7.46. The van der Waals surface area contributed by atoms with Crippen LogP contribution in [0.5, 0.6) is 0 Å². The molecule has 8 nitrogen and oxygen atoms in total. The molecule has 4 rings (SSSR count). The molecular weight excluding hydrogens is 316 g/mol. The Kier molecular flexibility index (Phi) is 3.80.